The van der Waals surface area contributed by atoms with Gasteiger partial charge in [0.1, 0.15) is 0 Å². The molecule has 0 amide bonds. The summed E-state index contributed by atoms with van der Waals surface area (Å²) in [5.41, 5.74) is 0. The SMILES string of the molecule is CC(C)(C)[Si](C)(C)C1([Si](C)(C)C(C)(C)C)CCOCC1. The molecule has 0 aromatic rings. The molecule has 0 N–H and O–H groups in total. The first-order valence-electron chi connectivity index (χ1n) is 8.28. The van der Waals surface area contributed by atoms with Gasteiger partial charge < -0.3 is 4.74 Å². The Balaban J connectivity index is 3.46. The molecule has 0 radical (unpaired) electrons. The largest absolute Gasteiger partial charge is 0.381 e. The van der Waals surface area contributed by atoms with Crippen molar-refractivity contribution in [2.75, 3.05) is 13.2 Å². The minimum atomic E-state index is -1.42. The van der Waals surface area contributed by atoms with Crippen LogP contribution in [0.3, 0.4) is 0 Å². The first-order chi connectivity index (χ1) is 8.71. The highest BCUT2D eigenvalue weighted by Gasteiger charge is 2.63. The zero-order valence-corrected chi connectivity index (χ0v) is 17.7. The Morgan fingerprint density at radius 3 is 1.25 bits per heavy atom. The van der Waals surface area contributed by atoms with Gasteiger partial charge in [-0.15, -0.1) is 0 Å². The molecule has 0 aliphatic carbocycles. The minimum absolute atomic E-state index is 0.458. The molecule has 1 aliphatic rings. The van der Waals surface area contributed by atoms with Gasteiger partial charge in [0.2, 0.25) is 0 Å². The Hall–Kier alpha value is 0.394. The normalized spacial score (nSPS) is 21.9. The third-order valence-corrected chi connectivity index (χ3v) is 24.5. The summed E-state index contributed by atoms with van der Waals surface area (Å²) in [4.78, 5) is 0. The van der Waals surface area contributed by atoms with Crippen molar-refractivity contribution in [1.29, 1.82) is 0 Å². The zero-order valence-electron chi connectivity index (χ0n) is 15.7. The highest BCUT2D eigenvalue weighted by Crippen LogP contribution is 2.66. The van der Waals surface area contributed by atoms with Crippen molar-refractivity contribution in [1.82, 2.24) is 0 Å². The third-order valence-electron chi connectivity index (χ3n) is 7.49. The summed E-state index contributed by atoms with van der Waals surface area (Å²) < 4.78 is 6.38. The van der Waals surface area contributed by atoms with Crippen molar-refractivity contribution in [3.63, 3.8) is 0 Å². The topological polar surface area (TPSA) is 9.23 Å². The maximum atomic E-state index is 5.78. The Morgan fingerprint density at radius 1 is 0.700 bits per heavy atom. The van der Waals surface area contributed by atoms with E-state index in [1.54, 1.807) is 0 Å². The molecule has 0 saturated carbocycles. The lowest BCUT2D eigenvalue weighted by Crippen LogP contribution is -2.65. The van der Waals surface area contributed by atoms with Gasteiger partial charge >= 0.3 is 0 Å². The number of hydrogen-bond acceptors (Lipinski definition) is 1. The quantitative estimate of drug-likeness (QED) is 0.560. The summed E-state index contributed by atoms with van der Waals surface area (Å²) in [6, 6.07) is 0. The summed E-state index contributed by atoms with van der Waals surface area (Å²) in [6.45, 7) is 27.6. The Morgan fingerprint density at radius 2 is 1.00 bits per heavy atom. The second kappa shape index (κ2) is 5.24. The third kappa shape index (κ3) is 2.59. The van der Waals surface area contributed by atoms with E-state index < -0.39 is 16.1 Å². The highest BCUT2D eigenvalue weighted by molar-refractivity contribution is 7.02. The van der Waals surface area contributed by atoms with E-state index in [4.69, 9.17) is 4.74 Å². The molecule has 1 nitrogen and oxygen atoms in total. The van der Waals surface area contributed by atoms with Gasteiger partial charge in [-0.05, 0) is 27.6 Å². The molecule has 0 aromatic heterocycles. The predicted octanol–water partition coefficient (Wildman–Crippen LogP) is 6.09. The molecule has 1 saturated heterocycles. The second-order valence-corrected chi connectivity index (χ2v) is 21.9. The van der Waals surface area contributed by atoms with Crippen molar-refractivity contribution in [2.45, 2.75) is 95.3 Å². The van der Waals surface area contributed by atoms with Crippen molar-refractivity contribution in [3.8, 4) is 0 Å². The van der Waals surface area contributed by atoms with Crippen LogP contribution in [0.5, 0.6) is 0 Å². The van der Waals surface area contributed by atoms with Gasteiger partial charge in [-0.2, -0.15) is 0 Å². The molecule has 0 aromatic carbocycles. The van der Waals surface area contributed by atoms with E-state index in [2.05, 4.69) is 67.7 Å². The van der Waals surface area contributed by atoms with Crippen LogP contribution in [0.4, 0.5) is 0 Å². The van der Waals surface area contributed by atoms with Crippen LogP contribution in [0.1, 0.15) is 54.4 Å². The summed E-state index contributed by atoms with van der Waals surface area (Å²) in [5.74, 6) is 0. The van der Waals surface area contributed by atoms with E-state index >= 15 is 0 Å². The molecule has 120 valence electrons. The Bertz CT molecular complexity index is 311. The lowest BCUT2D eigenvalue weighted by atomic mass is 10.2. The van der Waals surface area contributed by atoms with Crippen molar-refractivity contribution in [3.05, 3.63) is 0 Å². The maximum Gasteiger partial charge on any atom is 0.0565 e. The van der Waals surface area contributed by atoms with E-state index in [1.165, 1.54) is 12.8 Å². The van der Waals surface area contributed by atoms with Crippen molar-refractivity contribution in [2.24, 2.45) is 0 Å². The average Bonchev–Trinajstić information content (AvgIpc) is 2.26. The smallest absolute Gasteiger partial charge is 0.0565 e. The molecular weight excluding hydrogens is 276 g/mol. The van der Waals surface area contributed by atoms with Gasteiger partial charge in [-0.3, -0.25) is 0 Å². The molecule has 1 fully saturated rings. The van der Waals surface area contributed by atoms with E-state index in [0.29, 0.717) is 14.7 Å². The molecule has 1 aliphatic heterocycles. The van der Waals surface area contributed by atoms with Crippen LogP contribution < -0.4 is 0 Å². The van der Waals surface area contributed by atoms with Crippen LogP contribution in [-0.4, -0.2) is 29.4 Å². The van der Waals surface area contributed by atoms with Gasteiger partial charge in [-0.25, -0.2) is 0 Å². The zero-order chi connectivity index (χ0) is 16.0. The van der Waals surface area contributed by atoms with Gasteiger partial charge in [0, 0.05) is 13.2 Å². The first kappa shape index (κ1) is 18.4. The van der Waals surface area contributed by atoms with E-state index in [-0.39, 0.29) is 0 Å². The fourth-order valence-electron chi connectivity index (χ4n) is 4.19. The van der Waals surface area contributed by atoms with Crippen LogP contribution in [0, 0.1) is 0 Å². The minimum Gasteiger partial charge on any atom is -0.381 e. The lowest BCUT2D eigenvalue weighted by Gasteiger charge is -2.64. The summed E-state index contributed by atoms with van der Waals surface area (Å²) in [5, 5.41) is 0.916. The van der Waals surface area contributed by atoms with Crippen molar-refractivity contribution >= 4 is 16.1 Å². The standard InChI is InChI=1S/C17H38OSi2/c1-15(2,3)19(7,8)17(11-13-18-14-12-17)20(9,10)16(4,5)6/h11-14H2,1-10H3. The van der Waals surface area contributed by atoms with E-state index in [0.717, 1.165) is 13.2 Å². The van der Waals surface area contributed by atoms with E-state index in [9.17, 15) is 0 Å². The Labute approximate surface area is 129 Å². The number of rotatable bonds is 2. The average molecular weight is 315 g/mol. The summed E-state index contributed by atoms with van der Waals surface area (Å²) in [6.07, 6.45) is 2.61. The molecule has 20 heavy (non-hydrogen) atoms. The predicted molar refractivity (Wildman–Crippen MR) is 97.1 cm³/mol. The molecular formula is C17H38OSi2. The fourth-order valence-corrected chi connectivity index (χ4v) is 18.5. The molecule has 0 unspecified atom stereocenters. The summed E-state index contributed by atoms with van der Waals surface area (Å²) >= 11 is 0. The van der Waals surface area contributed by atoms with Crippen LogP contribution in [0.15, 0.2) is 0 Å². The Kier molecular flexibility index (Phi) is 4.83. The van der Waals surface area contributed by atoms with Gasteiger partial charge in [0.05, 0.1) is 16.1 Å². The van der Waals surface area contributed by atoms with Gasteiger partial charge in [-0.1, -0.05) is 67.7 Å². The van der Waals surface area contributed by atoms with Crippen molar-refractivity contribution < 1.29 is 4.74 Å². The number of hydrogen-bond donors (Lipinski definition) is 0. The molecule has 1 heterocycles. The molecule has 3 heteroatoms. The lowest BCUT2D eigenvalue weighted by molar-refractivity contribution is 0.0836. The fraction of sp³-hybridized carbons (Fsp3) is 1.00. The van der Waals surface area contributed by atoms with Crippen LogP contribution in [0.25, 0.3) is 0 Å². The van der Waals surface area contributed by atoms with Crippen LogP contribution >= 0.6 is 0 Å². The molecule has 0 spiro atoms. The van der Waals surface area contributed by atoms with Gasteiger partial charge in [0.25, 0.3) is 0 Å². The monoisotopic (exact) mass is 314 g/mol. The first-order valence-corrected chi connectivity index (χ1v) is 14.3. The van der Waals surface area contributed by atoms with Crippen LogP contribution in [-0.2, 0) is 4.74 Å². The highest BCUT2D eigenvalue weighted by atomic mass is 28.4. The van der Waals surface area contributed by atoms with Gasteiger partial charge in [0.15, 0.2) is 0 Å². The summed E-state index contributed by atoms with van der Waals surface area (Å²) in [7, 11) is -2.84. The molecule has 1 rings (SSSR count). The maximum absolute atomic E-state index is 5.78. The second-order valence-electron chi connectivity index (χ2n) is 9.94. The number of ether oxygens (including phenoxy) is 1. The van der Waals surface area contributed by atoms with E-state index in [1.807, 2.05) is 0 Å². The molecule has 0 bridgehead atoms. The molecule has 0 atom stereocenters. The van der Waals surface area contributed by atoms with Crippen LogP contribution in [0.2, 0.25) is 40.9 Å².